The van der Waals surface area contributed by atoms with Crippen molar-refractivity contribution in [1.29, 1.82) is 0 Å². The Bertz CT molecular complexity index is 647. The molecule has 112 valence electrons. The number of aryl methyl sites for hydroxylation is 1. The molecule has 0 bridgehead atoms. The molecule has 2 aliphatic rings. The molecule has 0 aromatic carbocycles. The Morgan fingerprint density at radius 1 is 1.24 bits per heavy atom. The summed E-state index contributed by atoms with van der Waals surface area (Å²) in [6.07, 6.45) is 8.20. The van der Waals surface area contributed by atoms with Gasteiger partial charge in [-0.1, -0.05) is 12.5 Å². The lowest BCUT2D eigenvalue weighted by molar-refractivity contribution is 0.259. The largest absolute Gasteiger partial charge is 0.327 e. The maximum Gasteiger partial charge on any atom is 0.137 e. The Balaban J connectivity index is 1.50. The van der Waals surface area contributed by atoms with Crippen LogP contribution in [0.25, 0.3) is 5.65 Å². The van der Waals surface area contributed by atoms with Gasteiger partial charge in [-0.2, -0.15) is 0 Å². The molecular weight excluding hydrogens is 260 g/mol. The van der Waals surface area contributed by atoms with E-state index in [1.165, 1.54) is 37.1 Å². The number of hydrogen-bond donors (Lipinski definition) is 1. The summed E-state index contributed by atoms with van der Waals surface area (Å²) in [6, 6.07) is 4.63. The van der Waals surface area contributed by atoms with Gasteiger partial charge in [-0.25, -0.2) is 4.98 Å². The summed E-state index contributed by atoms with van der Waals surface area (Å²) in [5.41, 5.74) is 9.79. The Morgan fingerprint density at radius 3 is 3.00 bits per heavy atom. The lowest BCUT2D eigenvalue weighted by atomic mass is 9.78. The van der Waals surface area contributed by atoms with Crippen molar-refractivity contribution in [3.8, 4) is 0 Å². The molecule has 2 aromatic rings. The highest BCUT2D eigenvalue weighted by molar-refractivity contribution is 5.41. The fourth-order valence-electron chi connectivity index (χ4n) is 4.20. The van der Waals surface area contributed by atoms with Gasteiger partial charge in [0.05, 0.1) is 5.69 Å². The maximum absolute atomic E-state index is 6.31. The van der Waals surface area contributed by atoms with Gasteiger partial charge in [0.2, 0.25) is 0 Å². The van der Waals surface area contributed by atoms with E-state index >= 15 is 0 Å². The van der Waals surface area contributed by atoms with Crippen LogP contribution >= 0.6 is 0 Å². The molecule has 4 nitrogen and oxygen atoms in total. The lowest BCUT2D eigenvalue weighted by Gasteiger charge is -2.29. The van der Waals surface area contributed by atoms with Gasteiger partial charge in [-0.05, 0) is 43.2 Å². The van der Waals surface area contributed by atoms with E-state index in [2.05, 4.69) is 40.8 Å². The highest BCUT2D eigenvalue weighted by Gasteiger charge is 2.38. The summed E-state index contributed by atoms with van der Waals surface area (Å²) >= 11 is 0. The van der Waals surface area contributed by atoms with Gasteiger partial charge >= 0.3 is 0 Å². The van der Waals surface area contributed by atoms with Crippen LogP contribution < -0.4 is 5.73 Å². The minimum Gasteiger partial charge on any atom is -0.327 e. The SMILES string of the molecule is Cc1ccc2nc(CN3CC4CCCC(N)C4C3)cn2c1. The normalized spacial score (nSPS) is 29.9. The molecule has 1 saturated heterocycles. The monoisotopic (exact) mass is 284 g/mol. The first-order chi connectivity index (χ1) is 10.2. The van der Waals surface area contributed by atoms with Gasteiger partial charge in [0.15, 0.2) is 0 Å². The molecule has 2 fully saturated rings. The zero-order valence-corrected chi connectivity index (χ0v) is 12.7. The van der Waals surface area contributed by atoms with Crippen molar-refractivity contribution in [2.45, 2.75) is 38.8 Å². The molecule has 2 N–H and O–H groups in total. The van der Waals surface area contributed by atoms with Crippen LogP contribution in [0.15, 0.2) is 24.5 Å². The number of nitrogens with zero attached hydrogens (tertiary/aromatic N) is 3. The summed E-state index contributed by atoms with van der Waals surface area (Å²) in [4.78, 5) is 7.29. The predicted octanol–water partition coefficient (Wildman–Crippen LogP) is 2.20. The van der Waals surface area contributed by atoms with Gasteiger partial charge in [0.1, 0.15) is 5.65 Å². The molecule has 4 rings (SSSR count). The van der Waals surface area contributed by atoms with Crippen molar-refractivity contribution < 1.29 is 0 Å². The molecule has 0 radical (unpaired) electrons. The van der Waals surface area contributed by atoms with Crippen molar-refractivity contribution in [3.63, 3.8) is 0 Å². The van der Waals surface area contributed by atoms with E-state index in [1.54, 1.807) is 0 Å². The fraction of sp³-hybridized carbons (Fsp3) is 0.588. The Hall–Kier alpha value is -1.39. The van der Waals surface area contributed by atoms with Crippen LogP contribution in [0.5, 0.6) is 0 Å². The van der Waals surface area contributed by atoms with E-state index in [4.69, 9.17) is 10.7 Å². The molecule has 3 unspecified atom stereocenters. The quantitative estimate of drug-likeness (QED) is 0.919. The smallest absolute Gasteiger partial charge is 0.137 e. The Kier molecular flexibility index (Phi) is 3.23. The van der Waals surface area contributed by atoms with E-state index in [9.17, 15) is 0 Å². The third-order valence-corrected chi connectivity index (χ3v) is 5.26. The van der Waals surface area contributed by atoms with Crippen molar-refractivity contribution >= 4 is 5.65 Å². The molecule has 1 aliphatic heterocycles. The predicted molar refractivity (Wildman–Crippen MR) is 84.0 cm³/mol. The van der Waals surface area contributed by atoms with Crippen molar-refractivity contribution in [2.24, 2.45) is 17.6 Å². The van der Waals surface area contributed by atoms with Gasteiger partial charge < -0.3 is 10.1 Å². The molecular formula is C17H24N4. The summed E-state index contributed by atoms with van der Waals surface area (Å²) < 4.78 is 2.14. The van der Waals surface area contributed by atoms with E-state index < -0.39 is 0 Å². The number of hydrogen-bond acceptors (Lipinski definition) is 3. The number of rotatable bonds is 2. The maximum atomic E-state index is 6.31. The Labute approximate surface area is 126 Å². The van der Waals surface area contributed by atoms with Crippen LogP contribution in [0.1, 0.15) is 30.5 Å². The summed E-state index contributed by atoms with van der Waals surface area (Å²) in [5, 5.41) is 0. The second-order valence-electron chi connectivity index (χ2n) is 6.92. The molecule has 1 saturated carbocycles. The molecule has 0 amide bonds. The minimum absolute atomic E-state index is 0.414. The van der Waals surface area contributed by atoms with Crippen molar-refractivity contribution in [2.75, 3.05) is 13.1 Å². The zero-order valence-electron chi connectivity index (χ0n) is 12.7. The van der Waals surface area contributed by atoms with Crippen LogP contribution in [0.4, 0.5) is 0 Å². The van der Waals surface area contributed by atoms with Crippen molar-refractivity contribution in [3.05, 3.63) is 35.8 Å². The average Bonchev–Trinajstić information content (AvgIpc) is 3.02. The van der Waals surface area contributed by atoms with E-state index in [1.807, 2.05) is 0 Å². The standard InChI is InChI=1S/C17H24N4/c1-12-5-6-17-19-14(10-21(17)7-12)9-20-8-13-3-2-4-16(18)15(13)11-20/h5-7,10,13,15-16H,2-4,8-9,11,18H2,1H3. The first-order valence-corrected chi connectivity index (χ1v) is 8.11. The van der Waals surface area contributed by atoms with Gasteiger partial charge in [0, 0.05) is 38.1 Å². The molecule has 4 heteroatoms. The van der Waals surface area contributed by atoms with E-state index in [-0.39, 0.29) is 0 Å². The second kappa shape index (κ2) is 5.11. The fourth-order valence-corrected chi connectivity index (χ4v) is 4.20. The average molecular weight is 284 g/mol. The highest BCUT2D eigenvalue weighted by Crippen LogP contribution is 2.35. The molecule has 3 atom stereocenters. The van der Waals surface area contributed by atoms with Crippen LogP contribution in [-0.4, -0.2) is 33.4 Å². The summed E-state index contributed by atoms with van der Waals surface area (Å²) in [7, 11) is 0. The molecule has 21 heavy (non-hydrogen) atoms. The van der Waals surface area contributed by atoms with Gasteiger partial charge in [0.25, 0.3) is 0 Å². The van der Waals surface area contributed by atoms with E-state index in [0.29, 0.717) is 12.0 Å². The van der Waals surface area contributed by atoms with Gasteiger partial charge in [-0.3, -0.25) is 4.90 Å². The summed E-state index contributed by atoms with van der Waals surface area (Å²) in [6.45, 7) is 5.43. The van der Waals surface area contributed by atoms with E-state index in [0.717, 1.165) is 24.7 Å². The minimum atomic E-state index is 0.414. The summed E-state index contributed by atoms with van der Waals surface area (Å²) in [5.74, 6) is 1.52. The highest BCUT2D eigenvalue weighted by atomic mass is 15.2. The van der Waals surface area contributed by atoms with Crippen LogP contribution in [0, 0.1) is 18.8 Å². The second-order valence-corrected chi connectivity index (χ2v) is 6.92. The molecule has 1 aliphatic carbocycles. The zero-order chi connectivity index (χ0) is 14.4. The van der Waals surface area contributed by atoms with Crippen LogP contribution in [0.2, 0.25) is 0 Å². The molecule has 0 spiro atoms. The topological polar surface area (TPSA) is 46.6 Å². The first-order valence-electron chi connectivity index (χ1n) is 8.11. The Morgan fingerprint density at radius 2 is 2.14 bits per heavy atom. The number of imidazole rings is 1. The third-order valence-electron chi connectivity index (χ3n) is 5.26. The lowest BCUT2D eigenvalue weighted by Crippen LogP contribution is -2.38. The van der Waals surface area contributed by atoms with Crippen LogP contribution in [-0.2, 0) is 6.54 Å². The number of aromatic nitrogens is 2. The number of pyridine rings is 1. The van der Waals surface area contributed by atoms with Gasteiger partial charge in [-0.15, -0.1) is 0 Å². The number of nitrogens with two attached hydrogens (primary N) is 1. The van der Waals surface area contributed by atoms with Crippen LogP contribution in [0.3, 0.4) is 0 Å². The van der Waals surface area contributed by atoms with Crippen molar-refractivity contribution in [1.82, 2.24) is 14.3 Å². The molecule has 3 heterocycles. The number of likely N-dealkylation sites (tertiary alicyclic amines) is 1. The first kappa shape index (κ1) is 13.3. The third kappa shape index (κ3) is 2.47. The number of fused-ring (bicyclic) bond motifs is 2. The molecule has 2 aromatic heterocycles.